The Labute approximate surface area is 79.5 Å². The first-order valence-electron chi connectivity index (χ1n) is 3.85. The largest absolute Gasteiger partial charge is 0.441 e. The van der Waals surface area contributed by atoms with E-state index in [2.05, 4.69) is 4.74 Å². The van der Waals surface area contributed by atoms with E-state index >= 15 is 0 Å². The van der Waals surface area contributed by atoms with E-state index in [4.69, 9.17) is 9.79 Å². The first-order chi connectivity index (χ1) is 6.50. The van der Waals surface area contributed by atoms with Gasteiger partial charge in [-0.3, -0.25) is 4.57 Å². The molecule has 0 spiro atoms. The quantitative estimate of drug-likeness (QED) is 0.538. The van der Waals surface area contributed by atoms with Gasteiger partial charge in [-0.25, -0.2) is 4.79 Å². The van der Waals surface area contributed by atoms with Crippen molar-refractivity contribution in [2.24, 2.45) is 0 Å². The van der Waals surface area contributed by atoms with E-state index in [9.17, 15) is 9.36 Å². The average Bonchev–Trinajstić information content (AvgIpc) is 2.44. The Hall–Kier alpha value is -1.16. The second-order valence-corrected chi connectivity index (χ2v) is 4.58. The molecule has 14 heavy (non-hydrogen) atoms. The summed E-state index contributed by atoms with van der Waals surface area (Å²) in [6.07, 6.45) is 0. The molecule has 1 aliphatic heterocycles. The van der Waals surface area contributed by atoms with Gasteiger partial charge in [0, 0.05) is 5.56 Å². The van der Waals surface area contributed by atoms with Crippen molar-refractivity contribution in [1.82, 2.24) is 0 Å². The molecule has 0 aromatic heterocycles. The molecule has 0 unspecified atom stereocenters. The number of hydrogen-bond acceptors (Lipinski definition) is 3. The average molecular weight is 214 g/mol. The molecule has 74 valence electrons. The number of esters is 1. The van der Waals surface area contributed by atoms with Gasteiger partial charge in [-0.15, -0.1) is 0 Å². The van der Waals surface area contributed by atoms with Crippen LogP contribution in [0.25, 0.3) is 0 Å². The molecule has 1 aromatic rings. The molecule has 0 amide bonds. The Morgan fingerprint density at radius 1 is 1.29 bits per heavy atom. The number of carbonyl (C=O) groups is 1. The fourth-order valence-corrected chi connectivity index (χ4v) is 2.20. The molecule has 2 rings (SSSR count). The summed E-state index contributed by atoms with van der Waals surface area (Å²) in [7, 11) is -4.43. The second kappa shape index (κ2) is 2.92. The molecule has 2 N–H and O–H groups in total. The SMILES string of the molecule is O=C1O[C@@H](P(=O)(O)O)c2ccccc21. The van der Waals surface area contributed by atoms with E-state index in [0.717, 1.165) is 0 Å². The van der Waals surface area contributed by atoms with Crippen molar-refractivity contribution in [3.05, 3.63) is 35.4 Å². The summed E-state index contributed by atoms with van der Waals surface area (Å²) in [5.74, 6) is -2.12. The lowest BCUT2D eigenvalue weighted by atomic mass is 10.1. The topological polar surface area (TPSA) is 83.8 Å². The Morgan fingerprint density at radius 2 is 1.93 bits per heavy atom. The maximum Gasteiger partial charge on any atom is 0.370 e. The van der Waals surface area contributed by atoms with Gasteiger partial charge in [0.1, 0.15) is 0 Å². The number of carbonyl (C=O) groups excluding carboxylic acids is 1. The smallest absolute Gasteiger partial charge is 0.370 e. The fraction of sp³-hybridized carbons (Fsp3) is 0.125. The van der Waals surface area contributed by atoms with Crippen molar-refractivity contribution in [2.75, 3.05) is 0 Å². The van der Waals surface area contributed by atoms with Gasteiger partial charge in [0.05, 0.1) is 5.56 Å². The summed E-state index contributed by atoms with van der Waals surface area (Å²) in [6, 6.07) is 6.17. The third kappa shape index (κ3) is 1.35. The van der Waals surface area contributed by atoms with Crippen molar-refractivity contribution in [1.29, 1.82) is 0 Å². The second-order valence-electron chi connectivity index (χ2n) is 2.93. The number of hydrogen-bond donors (Lipinski definition) is 2. The van der Waals surface area contributed by atoms with Crippen LogP contribution in [0.3, 0.4) is 0 Å². The number of benzene rings is 1. The van der Waals surface area contributed by atoms with E-state index in [1.165, 1.54) is 12.1 Å². The first kappa shape index (κ1) is 9.40. The minimum atomic E-state index is -4.43. The Bertz CT molecular complexity index is 435. The van der Waals surface area contributed by atoms with Crippen LogP contribution in [-0.4, -0.2) is 15.8 Å². The van der Waals surface area contributed by atoms with Crippen LogP contribution in [-0.2, 0) is 9.30 Å². The molecule has 1 atom stereocenters. The van der Waals surface area contributed by atoms with Crippen molar-refractivity contribution < 1.29 is 23.9 Å². The van der Waals surface area contributed by atoms with Crippen LogP contribution in [0.15, 0.2) is 24.3 Å². The zero-order chi connectivity index (χ0) is 10.3. The number of cyclic esters (lactones) is 1. The highest BCUT2D eigenvalue weighted by atomic mass is 31.2. The molecule has 6 heteroatoms. The number of fused-ring (bicyclic) bond motifs is 1. The summed E-state index contributed by atoms with van der Waals surface area (Å²) in [5.41, 5.74) is 0.478. The molecule has 0 aliphatic carbocycles. The third-order valence-corrected chi connectivity index (χ3v) is 2.97. The van der Waals surface area contributed by atoms with Crippen LogP contribution < -0.4 is 0 Å². The highest BCUT2D eigenvalue weighted by Gasteiger charge is 2.42. The molecule has 0 radical (unpaired) electrons. The molecular weight excluding hydrogens is 207 g/mol. The summed E-state index contributed by atoms with van der Waals surface area (Å²) >= 11 is 0. The van der Waals surface area contributed by atoms with E-state index < -0.39 is 19.4 Å². The van der Waals surface area contributed by atoms with Gasteiger partial charge in [0.15, 0.2) is 0 Å². The fourth-order valence-electron chi connectivity index (χ4n) is 1.38. The Morgan fingerprint density at radius 3 is 2.57 bits per heavy atom. The minimum absolute atomic E-state index is 0.223. The van der Waals surface area contributed by atoms with Crippen LogP contribution in [0.5, 0.6) is 0 Å². The van der Waals surface area contributed by atoms with Crippen LogP contribution in [0, 0.1) is 0 Å². The first-order valence-corrected chi connectivity index (χ1v) is 5.53. The number of ether oxygens (including phenoxy) is 1. The van der Waals surface area contributed by atoms with Crippen molar-refractivity contribution >= 4 is 13.6 Å². The normalized spacial score (nSPS) is 20.4. The Kier molecular flexibility index (Phi) is 1.96. The molecule has 5 nitrogen and oxygen atoms in total. The maximum absolute atomic E-state index is 11.2. The summed E-state index contributed by atoms with van der Waals surface area (Å²) in [4.78, 5) is 29.0. The molecule has 0 saturated carbocycles. The van der Waals surface area contributed by atoms with E-state index in [0.29, 0.717) is 0 Å². The van der Waals surface area contributed by atoms with Crippen LogP contribution in [0.2, 0.25) is 0 Å². The van der Waals surface area contributed by atoms with Crippen molar-refractivity contribution in [3.8, 4) is 0 Å². The van der Waals surface area contributed by atoms with Gasteiger partial charge in [-0.05, 0) is 6.07 Å². The molecule has 0 bridgehead atoms. The summed E-state index contributed by atoms with van der Waals surface area (Å²) in [5, 5.41) is 0. The monoisotopic (exact) mass is 214 g/mol. The van der Waals surface area contributed by atoms with E-state index in [-0.39, 0.29) is 11.1 Å². The van der Waals surface area contributed by atoms with Gasteiger partial charge in [-0.2, -0.15) is 0 Å². The third-order valence-electron chi connectivity index (χ3n) is 1.97. The van der Waals surface area contributed by atoms with Crippen molar-refractivity contribution in [2.45, 2.75) is 5.85 Å². The van der Waals surface area contributed by atoms with Gasteiger partial charge in [-0.1, -0.05) is 18.2 Å². The van der Waals surface area contributed by atoms with Gasteiger partial charge in [0.25, 0.3) is 0 Å². The lowest BCUT2D eigenvalue weighted by Gasteiger charge is -2.11. The van der Waals surface area contributed by atoms with Gasteiger partial charge >= 0.3 is 13.6 Å². The standard InChI is InChI=1S/C8H7O5P/c9-7-5-3-1-2-4-6(5)8(13-7)14(10,11)12/h1-4,8H,(H2,10,11,12)/t8-/m0/s1. The van der Waals surface area contributed by atoms with E-state index in [1.54, 1.807) is 12.1 Å². The molecule has 1 heterocycles. The molecule has 0 saturated heterocycles. The lowest BCUT2D eigenvalue weighted by molar-refractivity contribution is 0.0471. The lowest BCUT2D eigenvalue weighted by Crippen LogP contribution is -1.99. The van der Waals surface area contributed by atoms with Gasteiger partial charge < -0.3 is 14.5 Å². The van der Waals surface area contributed by atoms with Crippen LogP contribution in [0.1, 0.15) is 21.8 Å². The van der Waals surface area contributed by atoms with Crippen LogP contribution >= 0.6 is 7.60 Å². The van der Waals surface area contributed by atoms with Gasteiger partial charge in [0.2, 0.25) is 5.85 Å². The minimum Gasteiger partial charge on any atom is -0.441 e. The highest BCUT2D eigenvalue weighted by molar-refractivity contribution is 7.52. The predicted octanol–water partition coefficient (Wildman–Crippen LogP) is 1.03. The predicted molar refractivity (Wildman–Crippen MR) is 46.6 cm³/mol. The highest BCUT2D eigenvalue weighted by Crippen LogP contribution is 2.55. The van der Waals surface area contributed by atoms with E-state index in [1.807, 2.05) is 0 Å². The molecular formula is C8H7O5P. The molecule has 0 fully saturated rings. The summed E-state index contributed by atoms with van der Waals surface area (Å²) < 4.78 is 15.6. The zero-order valence-corrected chi connectivity index (χ0v) is 7.85. The maximum atomic E-state index is 11.2. The van der Waals surface area contributed by atoms with Crippen LogP contribution in [0.4, 0.5) is 0 Å². The Balaban J connectivity index is 2.55. The summed E-state index contributed by atoms with van der Waals surface area (Å²) in [6.45, 7) is 0. The number of rotatable bonds is 1. The van der Waals surface area contributed by atoms with Crippen molar-refractivity contribution in [3.63, 3.8) is 0 Å². The zero-order valence-electron chi connectivity index (χ0n) is 6.95. The molecule has 1 aliphatic rings. The molecule has 1 aromatic carbocycles.